The van der Waals surface area contributed by atoms with E-state index in [9.17, 15) is 9.18 Å². The van der Waals surface area contributed by atoms with Gasteiger partial charge in [-0.05, 0) is 37.6 Å². The molecule has 1 aliphatic rings. The van der Waals surface area contributed by atoms with Crippen LogP contribution in [0.5, 0.6) is 0 Å². The lowest BCUT2D eigenvalue weighted by atomic mass is 10.1. The van der Waals surface area contributed by atoms with Crippen LogP contribution in [-0.2, 0) is 0 Å². The molecule has 0 unspecified atom stereocenters. The lowest BCUT2D eigenvalue weighted by molar-refractivity contribution is 0.0929. The molecule has 0 saturated carbocycles. The van der Waals surface area contributed by atoms with Crippen LogP contribution in [-0.4, -0.2) is 40.0 Å². The maximum absolute atomic E-state index is 13.4. The summed E-state index contributed by atoms with van der Waals surface area (Å²) in [4.78, 5) is 30.9. The largest absolute Gasteiger partial charge is 0.361 e. The zero-order valence-corrected chi connectivity index (χ0v) is 16.6. The molecule has 0 bridgehead atoms. The summed E-state index contributed by atoms with van der Waals surface area (Å²) in [5, 5.41) is 2.94. The maximum atomic E-state index is 13.4. The number of aryl methyl sites for hydroxylation is 2. The standard InChI is InChI=1S/C22H19FN6O/c1-13-7-14(2)27-21(19(13)24-3)29-11-18(12-29)28-22(30)16-9-25-20(26-10-16)15-5-4-6-17(23)8-15/h4-10,18H,11-12H2,1-2H3,(H,28,30). The van der Waals surface area contributed by atoms with E-state index in [1.54, 1.807) is 12.1 Å². The fraction of sp³-hybridized carbons (Fsp3) is 0.227. The summed E-state index contributed by atoms with van der Waals surface area (Å²) in [6.45, 7) is 12.4. The van der Waals surface area contributed by atoms with Crippen molar-refractivity contribution in [3.63, 3.8) is 0 Å². The SMILES string of the molecule is [C-]#[N+]c1c(C)cc(C)nc1N1CC(NC(=O)c2cnc(-c3cccc(F)c3)nc2)C1. The second-order valence-corrected chi connectivity index (χ2v) is 7.25. The van der Waals surface area contributed by atoms with E-state index in [2.05, 4.69) is 25.1 Å². The second kappa shape index (κ2) is 7.87. The number of rotatable bonds is 4. The lowest BCUT2D eigenvalue weighted by Crippen LogP contribution is -2.59. The summed E-state index contributed by atoms with van der Waals surface area (Å²) in [7, 11) is 0. The maximum Gasteiger partial charge on any atom is 0.254 e. The third-order valence-corrected chi connectivity index (χ3v) is 4.92. The Balaban J connectivity index is 1.39. The van der Waals surface area contributed by atoms with Gasteiger partial charge in [0.2, 0.25) is 5.69 Å². The van der Waals surface area contributed by atoms with Gasteiger partial charge < -0.3 is 10.2 Å². The van der Waals surface area contributed by atoms with Crippen molar-refractivity contribution < 1.29 is 9.18 Å². The van der Waals surface area contributed by atoms with E-state index in [1.807, 2.05) is 24.8 Å². The minimum absolute atomic E-state index is 0.0541. The van der Waals surface area contributed by atoms with Crippen molar-refractivity contribution in [2.45, 2.75) is 19.9 Å². The first-order valence-corrected chi connectivity index (χ1v) is 9.44. The van der Waals surface area contributed by atoms with Crippen molar-refractivity contribution in [2.75, 3.05) is 18.0 Å². The number of hydrogen-bond acceptors (Lipinski definition) is 5. The number of carbonyl (C=O) groups is 1. The molecule has 150 valence electrons. The number of halogens is 1. The van der Waals surface area contributed by atoms with Gasteiger partial charge in [0.25, 0.3) is 5.91 Å². The molecule has 8 heteroatoms. The van der Waals surface area contributed by atoms with E-state index in [-0.39, 0.29) is 17.8 Å². The van der Waals surface area contributed by atoms with Crippen LogP contribution >= 0.6 is 0 Å². The molecule has 0 atom stereocenters. The van der Waals surface area contributed by atoms with Crippen LogP contribution in [0, 0.1) is 26.2 Å². The van der Waals surface area contributed by atoms with E-state index < -0.39 is 0 Å². The summed E-state index contributed by atoms with van der Waals surface area (Å²) in [5.41, 5.74) is 3.19. The molecule has 0 radical (unpaired) electrons. The predicted octanol–water partition coefficient (Wildman–Crippen LogP) is 3.46. The molecule has 7 nitrogen and oxygen atoms in total. The van der Waals surface area contributed by atoms with Gasteiger partial charge in [-0.25, -0.2) is 24.2 Å². The van der Waals surface area contributed by atoms with Crippen molar-refractivity contribution in [2.24, 2.45) is 0 Å². The molecule has 1 saturated heterocycles. The van der Waals surface area contributed by atoms with Crippen molar-refractivity contribution in [3.8, 4) is 11.4 Å². The molecule has 0 aliphatic carbocycles. The molecule has 3 aromatic rings. The summed E-state index contributed by atoms with van der Waals surface area (Å²) >= 11 is 0. The minimum atomic E-state index is -0.368. The van der Waals surface area contributed by atoms with Gasteiger partial charge in [0.05, 0.1) is 18.2 Å². The Hall–Kier alpha value is -3.86. The molecule has 1 aliphatic heterocycles. The van der Waals surface area contributed by atoms with Crippen molar-refractivity contribution in [3.05, 3.63) is 76.8 Å². The number of hydrogen-bond donors (Lipinski definition) is 1. The Morgan fingerprint density at radius 1 is 1.23 bits per heavy atom. The van der Waals surface area contributed by atoms with E-state index in [4.69, 9.17) is 6.57 Å². The Morgan fingerprint density at radius 2 is 1.97 bits per heavy atom. The van der Waals surface area contributed by atoms with Crippen LogP contribution in [0.1, 0.15) is 21.6 Å². The van der Waals surface area contributed by atoms with Gasteiger partial charge in [0.1, 0.15) is 11.6 Å². The van der Waals surface area contributed by atoms with Gasteiger partial charge in [0.15, 0.2) is 5.82 Å². The van der Waals surface area contributed by atoms with Crippen molar-refractivity contribution in [1.82, 2.24) is 20.3 Å². The Kier molecular flexibility index (Phi) is 5.11. The lowest BCUT2D eigenvalue weighted by Gasteiger charge is -2.41. The number of aromatic nitrogens is 3. The van der Waals surface area contributed by atoms with Gasteiger partial charge in [0, 0.05) is 36.7 Å². The quantitative estimate of drug-likeness (QED) is 0.677. The topological polar surface area (TPSA) is 75.4 Å². The van der Waals surface area contributed by atoms with Crippen LogP contribution in [0.15, 0.2) is 42.7 Å². The van der Waals surface area contributed by atoms with Crippen molar-refractivity contribution >= 4 is 17.4 Å². The smallest absolute Gasteiger partial charge is 0.254 e. The molecule has 3 heterocycles. The first-order valence-electron chi connectivity index (χ1n) is 9.44. The summed E-state index contributed by atoms with van der Waals surface area (Å²) in [6, 6.07) is 7.82. The van der Waals surface area contributed by atoms with Crippen molar-refractivity contribution in [1.29, 1.82) is 0 Å². The molecule has 1 N–H and O–H groups in total. The van der Waals surface area contributed by atoms with E-state index in [0.717, 1.165) is 11.3 Å². The average molecular weight is 402 g/mol. The zero-order chi connectivity index (χ0) is 21.3. The molecular weight excluding hydrogens is 383 g/mol. The summed E-state index contributed by atoms with van der Waals surface area (Å²) in [5.74, 6) is 0.376. The first-order chi connectivity index (χ1) is 14.4. The molecule has 1 aromatic carbocycles. The van der Waals surface area contributed by atoms with E-state index in [0.29, 0.717) is 41.5 Å². The highest BCUT2D eigenvalue weighted by atomic mass is 19.1. The number of pyridine rings is 1. The Labute approximate surface area is 173 Å². The number of benzene rings is 1. The van der Waals surface area contributed by atoms with Crippen LogP contribution in [0.4, 0.5) is 15.9 Å². The molecule has 0 spiro atoms. The zero-order valence-electron chi connectivity index (χ0n) is 16.6. The highest BCUT2D eigenvalue weighted by molar-refractivity contribution is 5.94. The second-order valence-electron chi connectivity index (χ2n) is 7.25. The third-order valence-electron chi connectivity index (χ3n) is 4.92. The van der Waals surface area contributed by atoms with E-state index >= 15 is 0 Å². The number of amides is 1. The highest BCUT2D eigenvalue weighted by Crippen LogP contribution is 2.33. The fourth-order valence-corrected chi connectivity index (χ4v) is 3.40. The summed E-state index contributed by atoms with van der Waals surface area (Å²) < 4.78 is 13.4. The predicted molar refractivity (Wildman–Crippen MR) is 111 cm³/mol. The van der Waals surface area contributed by atoms with Gasteiger partial charge in [-0.3, -0.25) is 4.79 Å². The van der Waals surface area contributed by atoms with Crippen LogP contribution in [0.3, 0.4) is 0 Å². The van der Waals surface area contributed by atoms with Gasteiger partial charge in [-0.15, -0.1) is 0 Å². The molecule has 1 fully saturated rings. The number of nitrogens with one attached hydrogen (secondary N) is 1. The van der Waals surface area contributed by atoms with Crippen LogP contribution in [0.2, 0.25) is 0 Å². The third kappa shape index (κ3) is 3.82. The van der Waals surface area contributed by atoms with Crippen LogP contribution in [0.25, 0.3) is 16.2 Å². The molecule has 30 heavy (non-hydrogen) atoms. The van der Waals surface area contributed by atoms with Crippen LogP contribution < -0.4 is 10.2 Å². The Morgan fingerprint density at radius 3 is 2.63 bits per heavy atom. The van der Waals surface area contributed by atoms with E-state index in [1.165, 1.54) is 24.5 Å². The highest BCUT2D eigenvalue weighted by Gasteiger charge is 2.31. The number of nitrogens with zero attached hydrogens (tertiary/aromatic N) is 5. The molecule has 1 amide bonds. The molecular formula is C22H19FN6O. The van der Waals surface area contributed by atoms with Gasteiger partial charge in [-0.2, -0.15) is 0 Å². The average Bonchev–Trinajstić information content (AvgIpc) is 2.70. The number of carbonyl (C=O) groups excluding carboxylic acids is 1. The summed E-state index contributed by atoms with van der Waals surface area (Å²) in [6.07, 6.45) is 2.86. The number of anilines is 1. The molecule has 4 rings (SSSR count). The normalized spacial score (nSPS) is 13.5. The Bertz CT molecular complexity index is 1150. The van der Waals surface area contributed by atoms with Gasteiger partial charge >= 0.3 is 0 Å². The monoisotopic (exact) mass is 402 g/mol. The van der Waals surface area contributed by atoms with Gasteiger partial charge in [-0.1, -0.05) is 12.1 Å². The fourth-order valence-electron chi connectivity index (χ4n) is 3.40. The molecule has 2 aromatic heterocycles. The minimum Gasteiger partial charge on any atom is -0.361 e. The first kappa shape index (κ1) is 19.5.